The van der Waals surface area contributed by atoms with E-state index in [9.17, 15) is 17.6 Å². The molecule has 0 atom stereocenters. The highest BCUT2D eigenvalue weighted by atomic mass is 32.2. The van der Waals surface area contributed by atoms with Gasteiger partial charge >= 0.3 is 0 Å². The summed E-state index contributed by atoms with van der Waals surface area (Å²) in [5, 5.41) is 0. The van der Waals surface area contributed by atoms with Gasteiger partial charge in [-0.15, -0.1) is 0 Å². The lowest BCUT2D eigenvalue weighted by atomic mass is 10.1. The molecule has 0 spiro atoms. The van der Waals surface area contributed by atoms with Gasteiger partial charge in [0.1, 0.15) is 5.82 Å². The second kappa shape index (κ2) is 8.92. The maximum atomic E-state index is 13.8. The normalized spacial score (nSPS) is 15.5. The van der Waals surface area contributed by atoms with Gasteiger partial charge in [-0.3, -0.25) is 14.4 Å². The van der Waals surface area contributed by atoms with Gasteiger partial charge in [-0.2, -0.15) is 0 Å². The molecular weight excluding hydrogens is 393 g/mol. The Morgan fingerprint density at radius 1 is 1.07 bits per heavy atom. The fourth-order valence-electron chi connectivity index (χ4n) is 3.38. The third-order valence-corrected chi connectivity index (χ3v) is 6.16. The van der Waals surface area contributed by atoms with E-state index < -0.39 is 15.8 Å². The van der Waals surface area contributed by atoms with Gasteiger partial charge in [0, 0.05) is 38.3 Å². The number of halogens is 1. The Morgan fingerprint density at radius 3 is 2.41 bits per heavy atom. The molecule has 1 aliphatic rings. The highest BCUT2D eigenvalue weighted by molar-refractivity contribution is 7.92. The van der Waals surface area contributed by atoms with Crippen LogP contribution in [-0.2, 0) is 10.0 Å². The molecule has 0 aliphatic carbocycles. The number of hydrogen-bond acceptors (Lipinski definition) is 4. The summed E-state index contributed by atoms with van der Waals surface area (Å²) in [5.74, 6) is -0.291. The van der Waals surface area contributed by atoms with E-state index in [-0.39, 0.29) is 16.5 Å². The van der Waals surface area contributed by atoms with Crippen LogP contribution in [0.4, 0.5) is 10.1 Å². The Hall–Kier alpha value is -2.45. The van der Waals surface area contributed by atoms with E-state index in [2.05, 4.69) is 23.5 Å². The highest BCUT2D eigenvalue weighted by Gasteiger charge is 2.24. The predicted molar refractivity (Wildman–Crippen MR) is 111 cm³/mol. The largest absolute Gasteiger partial charge is 0.336 e. The molecule has 0 aromatic heterocycles. The number of nitrogens with one attached hydrogen (secondary N) is 1. The second-order valence-electron chi connectivity index (χ2n) is 7.60. The van der Waals surface area contributed by atoms with Crippen LogP contribution < -0.4 is 4.72 Å². The fraction of sp³-hybridized carbons (Fsp3) is 0.381. The van der Waals surface area contributed by atoms with Crippen molar-refractivity contribution < 1.29 is 17.6 Å². The number of hydrogen-bond donors (Lipinski definition) is 1. The number of sulfonamides is 1. The number of anilines is 1. The Morgan fingerprint density at radius 2 is 1.76 bits per heavy atom. The number of rotatable bonds is 6. The summed E-state index contributed by atoms with van der Waals surface area (Å²) >= 11 is 0. The van der Waals surface area contributed by atoms with Crippen molar-refractivity contribution >= 4 is 21.6 Å². The molecular formula is C21H26FN3O3S. The first-order chi connectivity index (χ1) is 13.8. The number of carbonyl (C=O) groups is 1. The molecule has 0 bridgehead atoms. The minimum Gasteiger partial charge on any atom is -0.336 e. The summed E-state index contributed by atoms with van der Waals surface area (Å²) in [4.78, 5) is 16.8. The van der Waals surface area contributed by atoms with E-state index in [0.717, 1.165) is 19.6 Å². The van der Waals surface area contributed by atoms with Gasteiger partial charge in [0.2, 0.25) is 0 Å². The number of benzene rings is 2. The van der Waals surface area contributed by atoms with Crippen LogP contribution in [0.5, 0.6) is 0 Å². The molecule has 8 heteroatoms. The van der Waals surface area contributed by atoms with E-state index in [4.69, 9.17) is 0 Å². The summed E-state index contributed by atoms with van der Waals surface area (Å²) in [7, 11) is -4.01. The summed E-state index contributed by atoms with van der Waals surface area (Å²) in [6.45, 7) is 8.15. The SMILES string of the molecule is CC(C)CN1CCN(C(=O)c2cccc(S(=O)(=O)Nc3ccccc3F)c2)CC1. The standard InChI is InChI=1S/C21H26FN3O3S/c1-16(2)15-24-10-12-25(13-11-24)21(26)17-6-5-7-18(14-17)29(27,28)23-20-9-4-3-8-19(20)22/h3-9,14,16,23H,10-13,15H2,1-2H3. The molecule has 3 rings (SSSR count). The van der Waals surface area contributed by atoms with Crippen LogP contribution >= 0.6 is 0 Å². The van der Waals surface area contributed by atoms with Gasteiger partial charge < -0.3 is 4.90 Å². The molecule has 156 valence electrons. The summed E-state index contributed by atoms with van der Waals surface area (Å²) in [6.07, 6.45) is 0. The Kier molecular flexibility index (Phi) is 6.54. The van der Waals surface area contributed by atoms with Crippen LogP contribution in [0.2, 0.25) is 0 Å². The number of nitrogens with zero attached hydrogens (tertiary/aromatic N) is 2. The molecule has 2 aromatic rings. The Labute approximate surface area is 171 Å². The molecule has 0 unspecified atom stereocenters. The Bertz CT molecular complexity index is 971. The molecule has 1 fully saturated rings. The lowest BCUT2D eigenvalue weighted by Gasteiger charge is -2.35. The number of carbonyl (C=O) groups excluding carboxylic acids is 1. The van der Waals surface area contributed by atoms with E-state index in [1.54, 1.807) is 17.0 Å². The van der Waals surface area contributed by atoms with Crippen molar-refractivity contribution in [2.24, 2.45) is 5.92 Å². The minimum absolute atomic E-state index is 0.0787. The van der Waals surface area contributed by atoms with Crippen LogP contribution in [-0.4, -0.2) is 56.8 Å². The first-order valence-corrected chi connectivity index (χ1v) is 11.1. The molecule has 1 N–H and O–H groups in total. The third kappa shape index (κ3) is 5.33. The quantitative estimate of drug-likeness (QED) is 0.781. The number of amides is 1. The predicted octanol–water partition coefficient (Wildman–Crippen LogP) is 3.04. The molecule has 1 saturated heterocycles. The minimum atomic E-state index is -4.01. The molecule has 2 aromatic carbocycles. The highest BCUT2D eigenvalue weighted by Crippen LogP contribution is 2.20. The van der Waals surface area contributed by atoms with Gasteiger partial charge in [0.05, 0.1) is 10.6 Å². The van der Waals surface area contributed by atoms with Crippen LogP contribution in [0.1, 0.15) is 24.2 Å². The zero-order valence-corrected chi connectivity index (χ0v) is 17.5. The smallest absolute Gasteiger partial charge is 0.262 e. The van der Waals surface area contributed by atoms with Gasteiger partial charge in [0.25, 0.3) is 15.9 Å². The van der Waals surface area contributed by atoms with Crippen LogP contribution in [0, 0.1) is 11.7 Å². The molecule has 29 heavy (non-hydrogen) atoms. The van der Waals surface area contributed by atoms with Crippen molar-refractivity contribution in [3.63, 3.8) is 0 Å². The van der Waals surface area contributed by atoms with E-state index in [1.165, 1.54) is 36.4 Å². The van der Waals surface area contributed by atoms with Crippen LogP contribution in [0.3, 0.4) is 0 Å². The van der Waals surface area contributed by atoms with Crippen molar-refractivity contribution in [3.8, 4) is 0 Å². The summed E-state index contributed by atoms with van der Waals surface area (Å²) in [6, 6.07) is 11.4. The van der Waals surface area contributed by atoms with Crippen LogP contribution in [0.25, 0.3) is 0 Å². The first kappa shape index (κ1) is 21.3. The maximum Gasteiger partial charge on any atom is 0.262 e. The summed E-state index contributed by atoms with van der Waals surface area (Å²) in [5.41, 5.74) is 0.171. The van der Waals surface area contributed by atoms with E-state index in [1.807, 2.05) is 0 Å². The average Bonchev–Trinajstić information content (AvgIpc) is 2.69. The van der Waals surface area contributed by atoms with Gasteiger partial charge in [-0.05, 0) is 36.2 Å². The number of para-hydroxylation sites is 1. The molecule has 6 nitrogen and oxygen atoms in total. The van der Waals surface area contributed by atoms with Gasteiger partial charge in [0.15, 0.2) is 0 Å². The second-order valence-corrected chi connectivity index (χ2v) is 9.28. The first-order valence-electron chi connectivity index (χ1n) is 9.65. The van der Waals surface area contributed by atoms with Crippen molar-refractivity contribution in [1.82, 2.24) is 9.80 Å². The van der Waals surface area contributed by atoms with Crippen molar-refractivity contribution in [2.45, 2.75) is 18.7 Å². The molecule has 0 saturated carbocycles. The molecule has 1 amide bonds. The molecule has 1 heterocycles. The van der Waals surface area contributed by atoms with Crippen molar-refractivity contribution in [1.29, 1.82) is 0 Å². The lowest BCUT2D eigenvalue weighted by Crippen LogP contribution is -2.49. The maximum absolute atomic E-state index is 13.8. The lowest BCUT2D eigenvalue weighted by molar-refractivity contribution is 0.0623. The van der Waals surface area contributed by atoms with Crippen molar-refractivity contribution in [2.75, 3.05) is 37.4 Å². The third-order valence-electron chi connectivity index (χ3n) is 4.79. The zero-order chi connectivity index (χ0) is 21.0. The Balaban J connectivity index is 1.72. The fourth-order valence-corrected chi connectivity index (χ4v) is 4.49. The van der Waals surface area contributed by atoms with Crippen LogP contribution in [0.15, 0.2) is 53.4 Å². The van der Waals surface area contributed by atoms with Crippen molar-refractivity contribution in [3.05, 3.63) is 59.9 Å². The molecule has 0 radical (unpaired) electrons. The van der Waals surface area contributed by atoms with Gasteiger partial charge in [-0.25, -0.2) is 12.8 Å². The molecule has 1 aliphatic heterocycles. The van der Waals surface area contributed by atoms with E-state index in [0.29, 0.717) is 24.6 Å². The topological polar surface area (TPSA) is 69.7 Å². The zero-order valence-electron chi connectivity index (χ0n) is 16.6. The monoisotopic (exact) mass is 419 g/mol. The van der Waals surface area contributed by atoms with Gasteiger partial charge in [-0.1, -0.05) is 32.0 Å². The number of piperazine rings is 1. The average molecular weight is 420 g/mol. The summed E-state index contributed by atoms with van der Waals surface area (Å²) < 4.78 is 41.3. The van der Waals surface area contributed by atoms with E-state index >= 15 is 0 Å².